The number of carbonyl (C=O) groups is 1. The average molecular weight is 433 g/mol. The molecule has 0 bridgehead atoms. The summed E-state index contributed by atoms with van der Waals surface area (Å²) >= 11 is 0. The van der Waals surface area contributed by atoms with Crippen molar-refractivity contribution in [3.63, 3.8) is 0 Å². The normalized spacial score (nSPS) is 14.1. The van der Waals surface area contributed by atoms with Gasteiger partial charge in [-0.1, -0.05) is 48.5 Å². The van der Waals surface area contributed by atoms with Gasteiger partial charge in [0.2, 0.25) is 0 Å². The van der Waals surface area contributed by atoms with Crippen molar-refractivity contribution in [3.8, 4) is 0 Å². The molecule has 0 unspecified atom stereocenters. The summed E-state index contributed by atoms with van der Waals surface area (Å²) < 4.78 is 34.9. The number of nitrogens with zero attached hydrogens (tertiary/aromatic N) is 2. The maximum absolute atomic E-state index is 13.6. The zero-order chi connectivity index (χ0) is 21.6. The van der Waals surface area contributed by atoms with Gasteiger partial charge in [-0.3, -0.25) is 9.35 Å². The number of para-hydroxylation sites is 1. The fourth-order valence-electron chi connectivity index (χ4n) is 4.30. The van der Waals surface area contributed by atoms with Crippen LogP contribution in [0.5, 0.6) is 0 Å². The highest BCUT2D eigenvalue weighted by Crippen LogP contribution is 2.34. The van der Waals surface area contributed by atoms with Crippen molar-refractivity contribution in [1.82, 2.24) is 4.57 Å². The van der Waals surface area contributed by atoms with Crippen molar-refractivity contribution in [2.75, 3.05) is 11.4 Å². The molecule has 1 N–H and O–H groups in total. The van der Waals surface area contributed by atoms with Gasteiger partial charge in [0.05, 0.1) is 4.90 Å². The Labute approximate surface area is 180 Å². The summed E-state index contributed by atoms with van der Waals surface area (Å²) in [4.78, 5) is 15.2. The number of benzene rings is 3. The molecule has 7 heteroatoms. The highest BCUT2D eigenvalue weighted by molar-refractivity contribution is 7.85. The van der Waals surface area contributed by atoms with Gasteiger partial charge in [-0.05, 0) is 47.9 Å². The summed E-state index contributed by atoms with van der Waals surface area (Å²) in [6.07, 6.45) is 0.586. The second-order valence-corrected chi connectivity index (χ2v) is 9.02. The lowest BCUT2D eigenvalue weighted by molar-refractivity contribution is 0.0972. The lowest BCUT2D eigenvalue weighted by atomic mass is 10.0. The molecule has 31 heavy (non-hydrogen) atoms. The molecule has 4 aromatic rings. The van der Waals surface area contributed by atoms with E-state index in [4.69, 9.17) is 0 Å². The first-order valence-corrected chi connectivity index (χ1v) is 11.4. The minimum Gasteiger partial charge on any atom is -0.332 e. The van der Waals surface area contributed by atoms with Crippen LogP contribution in [0.1, 0.15) is 21.6 Å². The number of amides is 1. The zero-order valence-electron chi connectivity index (χ0n) is 16.6. The van der Waals surface area contributed by atoms with E-state index in [-0.39, 0.29) is 10.8 Å². The number of rotatable bonds is 4. The van der Waals surface area contributed by atoms with Crippen LogP contribution in [-0.2, 0) is 23.1 Å². The van der Waals surface area contributed by atoms with E-state index >= 15 is 0 Å². The molecule has 3 aromatic carbocycles. The topological polar surface area (TPSA) is 79.6 Å². The van der Waals surface area contributed by atoms with Gasteiger partial charge in [-0.15, -0.1) is 0 Å². The lowest BCUT2D eigenvalue weighted by Crippen LogP contribution is -2.38. The highest BCUT2D eigenvalue weighted by Gasteiger charge is 2.32. The van der Waals surface area contributed by atoms with E-state index < -0.39 is 10.1 Å². The van der Waals surface area contributed by atoms with E-state index in [1.807, 2.05) is 65.2 Å². The molecule has 0 saturated carbocycles. The third-order valence-corrected chi connectivity index (χ3v) is 6.57. The van der Waals surface area contributed by atoms with Crippen molar-refractivity contribution in [3.05, 3.63) is 95.7 Å². The third kappa shape index (κ3) is 3.41. The van der Waals surface area contributed by atoms with E-state index in [1.54, 1.807) is 11.0 Å². The monoisotopic (exact) mass is 432 g/mol. The number of carbonyl (C=O) groups excluding carboxylic acids is 1. The van der Waals surface area contributed by atoms with E-state index in [1.165, 1.54) is 12.1 Å². The molecule has 0 atom stereocenters. The Balaban J connectivity index is 1.72. The van der Waals surface area contributed by atoms with Gasteiger partial charge in [-0.2, -0.15) is 8.42 Å². The Morgan fingerprint density at radius 3 is 2.26 bits per heavy atom. The highest BCUT2D eigenvalue weighted by atomic mass is 32.2. The maximum Gasteiger partial charge on any atom is 0.294 e. The van der Waals surface area contributed by atoms with Crippen molar-refractivity contribution in [2.45, 2.75) is 17.9 Å². The van der Waals surface area contributed by atoms with Crippen LogP contribution < -0.4 is 4.90 Å². The SMILES string of the molecule is O=C1c2c(c3cc(S(=O)(=O)O)ccc3n2Cc2ccccc2)CCN1c1ccccc1. The molecule has 0 aliphatic carbocycles. The molecule has 0 radical (unpaired) electrons. The van der Waals surface area contributed by atoms with Gasteiger partial charge in [0.15, 0.2) is 0 Å². The van der Waals surface area contributed by atoms with Gasteiger partial charge >= 0.3 is 0 Å². The number of hydrogen-bond acceptors (Lipinski definition) is 3. The predicted octanol–water partition coefficient (Wildman–Crippen LogP) is 4.14. The first-order chi connectivity index (χ1) is 14.9. The standard InChI is InChI=1S/C24H20N2O4S/c27-24-23-20(13-14-25(24)18-9-5-2-6-10-18)21-15-19(31(28,29)30)11-12-22(21)26(23)16-17-7-3-1-4-8-17/h1-12,15H,13-14,16H2,(H,28,29,30). The Hall–Kier alpha value is -3.42. The molecule has 1 aromatic heterocycles. The molecule has 0 spiro atoms. The Morgan fingerprint density at radius 2 is 1.58 bits per heavy atom. The first kappa shape index (κ1) is 19.5. The Morgan fingerprint density at radius 1 is 0.903 bits per heavy atom. The zero-order valence-corrected chi connectivity index (χ0v) is 17.4. The summed E-state index contributed by atoms with van der Waals surface area (Å²) in [5.74, 6) is -0.118. The van der Waals surface area contributed by atoms with Crippen LogP contribution in [0.2, 0.25) is 0 Å². The van der Waals surface area contributed by atoms with Crippen LogP contribution in [0.3, 0.4) is 0 Å². The molecule has 6 nitrogen and oxygen atoms in total. The molecule has 1 amide bonds. The van der Waals surface area contributed by atoms with E-state index in [9.17, 15) is 17.8 Å². The molecular weight excluding hydrogens is 412 g/mol. The van der Waals surface area contributed by atoms with Crippen LogP contribution in [0.4, 0.5) is 5.69 Å². The van der Waals surface area contributed by atoms with Gasteiger partial charge in [-0.25, -0.2) is 0 Å². The van der Waals surface area contributed by atoms with Crippen LogP contribution in [0.25, 0.3) is 10.9 Å². The molecule has 5 rings (SSSR count). The fourth-order valence-corrected chi connectivity index (χ4v) is 4.81. The smallest absolute Gasteiger partial charge is 0.294 e. The largest absolute Gasteiger partial charge is 0.332 e. The van der Waals surface area contributed by atoms with Gasteiger partial charge < -0.3 is 9.47 Å². The molecule has 0 saturated heterocycles. The van der Waals surface area contributed by atoms with Crippen LogP contribution in [0.15, 0.2) is 83.8 Å². The summed E-state index contributed by atoms with van der Waals surface area (Å²) in [5, 5.41) is 0.683. The van der Waals surface area contributed by atoms with Crippen molar-refractivity contribution >= 4 is 32.6 Å². The van der Waals surface area contributed by atoms with Crippen LogP contribution in [-0.4, -0.2) is 30.0 Å². The molecule has 2 heterocycles. The quantitative estimate of drug-likeness (QED) is 0.492. The minimum absolute atomic E-state index is 0.118. The third-order valence-electron chi connectivity index (χ3n) is 5.72. The summed E-state index contributed by atoms with van der Waals surface area (Å²) in [6.45, 7) is 0.975. The molecular formula is C24H20N2O4S. The van der Waals surface area contributed by atoms with Crippen LogP contribution >= 0.6 is 0 Å². The summed E-state index contributed by atoms with van der Waals surface area (Å²) in [7, 11) is -4.34. The van der Waals surface area contributed by atoms with Crippen LogP contribution in [0, 0.1) is 0 Å². The van der Waals surface area contributed by atoms with Gasteiger partial charge in [0.25, 0.3) is 16.0 Å². The number of fused-ring (bicyclic) bond motifs is 3. The molecule has 1 aliphatic heterocycles. The van der Waals surface area contributed by atoms with Crippen molar-refractivity contribution in [2.24, 2.45) is 0 Å². The summed E-state index contributed by atoms with van der Waals surface area (Å²) in [6, 6.07) is 23.9. The second-order valence-electron chi connectivity index (χ2n) is 7.60. The van der Waals surface area contributed by atoms with E-state index in [2.05, 4.69) is 0 Å². The average Bonchev–Trinajstić information content (AvgIpc) is 3.08. The minimum atomic E-state index is -4.34. The molecule has 1 aliphatic rings. The first-order valence-electron chi connectivity index (χ1n) is 9.97. The predicted molar refractivity (Wildman–Crippen MR) is 119 cm³/mol. The Bertz CT molecular complexity index is 1390. The van der Waals surface area contributed by atoms with E-state index in [0.717, 1.165) is 22.3 Å². The molecule has 0 fully saturated rings. The number of anilines is 1. The Kier molecular flexibility index (Phi) is 4.64. The summed E-state index contributed by atoms with van der Waals surface area (Å²) in [5.41, 5.74) is 4.00. The maximum atomic E-state index is 13.6. The molecule has 156 valence electrons. The fraction of sp³-hybridized carbons (Fsp3) is 0.125. The van der Waals surface area contributed by atoms with Crippen molar-refractivity contribution in [1.29, 1.82) is 0 Å². The van der Waals surface area contributed by atoms with Gasteiger partial charge in [0, 0.05) is 29.7 Å². The van der Waals surface area contributed by atoms with E-state index in [0.29, 0.717) is 30.6 Å². The van der Waals surface area contributed by atoms with Crippen molar-refractivity contribution < 1.29 is 17.8 Å². The number of aromatic nitrogens is 1. The van der Waals surface area contributed by atoms with Gasteiger partial charge in [0.1, 0.15) is 5.69 Å². The number of hydrogen-bond donors (Lipinski definition) is 1. The lowest BCUT2D eigenvalue weighted by Gasteiger charge is -2.28. The second kappa shape index (κ2) is 7.37.